The SMILES string of the molecule is O=C1C(C(Br)C2(Br)C(=O)N(c3ccccc3)N=C2c2ccc([N+](=O)[O-])cc2)C(c2ccc([N+](=O)[O-])cc2)=NN1c1ccccc1. The molecule has 0 saturated heterocycles. The Morgan fingerprint density at radius 2 is 1.16 bits per heavy atom. The lowest BCUT2D eigenvalue weighted by atomic mass is 9.83. The third kappa shape index (κ3) is 5.21. The third-order valence-electron chi connectivity index (χ3n) is 7.43. The van der Waals surface area contributed by atoms with Crippen molar-refractivity contribution < 1.29 is 19.4 Å². The van der Waals surface area contributed by atoms with Gasteiger partial charge in [-0.25, -0.2) is 0 Å². The van der Waals surface area contributed by atoms with Crippen molar-refractivity contribution in [1.82, 2.24) is 0 Å². The van der Waals surface area contributed by atoms with Crippen LogP contribution in [0.25, 0.3) is 0 Å². The van der Waals surface area contributed by atoms with Crippen LogP contribution in [0.5, 0.6) is 0 Å². The zero-order valence-electron chi connectivity index (χ0n) is 22.9. The maximum absolute atomic E-state index is 14.4. The van der Waals surface area contributed by atoms with Gasteiger partial charge in [0.1, 0.15) is 0 Å². The number of nitro benzene ring substituents is 2. The van der Waals surface area contributed by atoms with E-state index >= 15 is 0 Å². The van der Waals surface area contributed by atoms with E-state index in [9.17, 15) is 29.8 Å². The number of carbonyl (C=O) groups is 2. The molecule has 0 spiro atoms. The van der Waals surface area contributed by atoms with E-state index in [1.807, 2.05) is 0 Å². The molecular weight excluding hydrogens is 712 g/mol. The molecule has 0 saturated carbocycles. The number of rotatable bonds is 8. The average Bonchev–Trinajstić information content (AvgIpc) is 3.55. The van der Waals surface area contributed by atoms with Crippen LogP contribution in [-0.4, -0.2) is 42.2 Å². The fraction of sp³-hybridized carbons (Fsp3) is 0.0968. The second-order valence-electron chi connectivity index (χ2n) is 10.1. The fourth-order valence-electron chi connectivity index (χ4n) is 5.18. The zero-order chi connectivity index (χ0) is 31.9. The van der Waals surface area contributed by atoms with Gasteiger partial charge in [-0.3, -0.25) is 29.8 Å². The summed E-state index contributed by atoms with van der Waals surface area (Å²) in [5.41, 5.74) is 2.01. The van der Waals surface area contributed by atoms with Crippen molar-refractivity contribution in [2.75, 3.05) is 10.0 Å². The molecule has 0 aliphatic carbocycles. The molecular formula is C31H20Br2N6O6. The van der Waals surface area contributed by atoms with Crippen LogP contribution in [-0.2, 0) is 9.59 Å². The van der Waals surface area contributed by atoms with Crippen molar-refractivity contribution >= 4 is 77.8 Å². The second-order valence-corrected chi connectivity index (χ2v) is 12.3. The van der Waals surface area contributed by atoms with Gasteiger partial charge in [-0.15, -0.1) is 0 Å². The smallest absolute Gasteiger partial charge is 0.271 e. The lowest BCUT2D eigenvalue weighted by Gasteiger charge is -2.31. The van der Waals surface area contributed by atoms with Crippen molar-refractivity contribution in [2.24, 2.45) is 16.1 Å². The van der Waals surface area contributed by atoms with E-state index < -0.39 is 36.7 Å². The summed E-state index contributed by atoms with van der Waals surface area (Å²) in [6, 6.07) is 28.7. The van der Waals surface area contributed by atoms with Gasteiger partial charge in [0, 0.05) is 29.8 Å². The molecule has 0 radical (unpaired) electrons. The Morgan fingerprint density at radius 3 is 1.64 bits per heavy atom. The molecule has 2 aliphatic heterocycles. The van der Waals surface area contributed by atoms with E-state index in [0.29, 0.717) is 22.5 Å². The molecule has 2 amide bonds. The highest BCUT2D eigenvalue weighted by molar-refractivity contribution is 9.13. The van der Waals surface area contributed by atoms with Crippen LogP contribution >= 0.6 is 31.9 Å². The first-order chi connectivity index (χ1) is 21.6. The van der Waals surface area contributed by atoms with Gasteiger partial charge < -0.3 is 0 Å². The van der Waals surface area contributed by atoms with Crippen molar-refractivity contribution in [2.45, 2.75) is 9.15 Å². The van der Waals surface area contributed by atoms with E-state index in [0.717, 1.165) is 0 Å². The number of anilines is 2. The molecule has 6 rings (SSSR count). The Labute approximate surface area is 272 Å². The molecule has 224 valence electrons. The molecule has 0 fully saturated rings. The summed E-state index contributed by atoms with van der Waals surface area (Å²) in [6.45, 7) is 0. The summed E-state index contributed by atoms with van der Waals surface area (Å²) in [6.07, 6.45) is 0. The molecule has 2 aliphatic rings. The van der Waals surface area contributed by atoms with Crippen LogP contribution in [0.15, 0.2) is 119 Å². The quantitative estimate of drug-likeness (QED) is 0.119. The van der Waals surface area contributed by atoms with E-state index in [2.05, 4.69) is 42.1 Å². The Morgan fingerprint density at radius 1 is 0.689 bits per heavy atom. The number of halogens is 2. The highest BCUT2D eigenvalue weighted by Crippen LogP contribution is 2.46. The largest absolute Gasteiger partial charge is 0.272 e. The molecule has 0 N–H and O–H groups in total. The van der Waals surface area contributed by atoms with Gasteiger partial charge in [-0.1, -0.05) is 68.3 Å². The zero-order valence-corrected chi connectivity index (χ0v) is 26.1. The van der Waals surface area contributed by atoms with Crippen LogP contribution in [0, 0.1) is 26.1 Å². The fourth-order valence-corrected chi connectivity index (χ4v) is 6.81. The Balaban J connectivity index is 1.48. The van der Waals surface area contributed by atoms with Gasteiger partial charge in [0.05, 0.1) is 43.4 Å². The highest BCUT2D eigenvalue weighted by Gasteiger charge is 2.60. The van der Waals surface area contributed by atoms with Gasteiger partial charge >= 0.3 is 0 Å². The van der Waals surface area contributed by atoms with Crippen LogP contribution in [0.2, 0.25) is 0 Å². The number of amides is 2. The Hall–Kier alpha value is -5.08. The van der Waals surface area contributed by atoms with Crippen molar-refractivity contribution in [3.8, 4) is 0 Å². The van der Waals surface area contributed by atoms with Gasteiger partial charge in [0.25, 0.3) is 23.2 Å². The second kappa shape index (κ2) is 11.8. The van der Waals surface area contributed by atoms with Crippen LogP contribution in [0.1, 0.15) is 11.1 Å². The lowest BCUT2D eigenvalue weighted by Crippen LogP contribution is -2.54. The molecule has 4 aromatic rings. The first-order valence-corrected chi connectivity index (χ1v) is 15.1. The van der Waals surface area contributed by atoms with E-state index in [1.165, 1.54) is 58.5 Å². The van der Waals surface area contributed by atoms with Gasteiger partial charge in [0.2, 0.25) is 0 Å². The average molecular weight is 732 g/mol. The van der Waals surface area contributed by atoms with E-state index in [4.69, 9.17) is 0 Å². The number of hydrogen-bond donors (Lipinski definition) is 0. The van der Waals surface area contributed by atoms with Gasteiger partial charge in [-0.05, 0) is 54.1 Å². The van der Waals surface area contributed by atoms with Crippen LogP contribution < -0.4 is 10.0 Å². The minimum atomic E-state index is -1.67. The molecule has 12 nitrogen and oxygen atoms in total. The van der Waals surface area contributed by atoms with Gasteiger partial charge in [0.15, 0.2) is 4.32 Å². The number of non-ortho nitro benzene ring substituents is 2. The summed E-state index contributed by atoms with van der Waals surface area (Å²) in [5.74, 6) is -2.06. The topological polar surface area (TPSA) is 152 Å². The maximum Gasteiger partial charge on any atom is 0.271 e. The standard InChI is InChI=1S/C31H20Br2N6O6/c32-27(25-26(19-11-15-23(16-12-19)38(42)43)34-36(29(25)40)21-7-3-1-4-8-21)31(33)28(20-13-17-24(18-14-20)39(44)45)35-37(30(31)41)22-9-5-2-6-10-22/h1-18,25,27H. The van der Waals surface area contributed by atoms with Crippen LogP contribution in [0.3, 0.4) is 0 Å². The highest BCUT2D eigenvalue weighted by atomic mass is 79.9. The molecule has 4 aromatic carbocycles. The minimum absolute atomic E-state index is 0.135. The van der Waals surface area contributed by atoms with Crippen molar-refractivity contribution in [1.29, 1.82) is 0 Å². The first kappa shape index (κ1) is 30.0. The van der Waals surface area contributed by atoms with Crippen molar-refractivity contribution in [3.05, 3.63) is 141 Å². The molecule has 3 atom stereocenters. The number of carbonyl (C=O) groups excluding carboxylic acids is 2. The molecule has 45 heavy (non-hydrogen) atoms. The first-order valence-electron chi connectivity index (χ1n) is 13.4. The van der Waals surface area contributed by atoms with Crippen LogP contribution in [0.4, 0.5) is 22.7 Å². The summed E-state index contributed by atoms with van der Waals surface area (Å²) in [7, 11) is 0. The number of alkyl halides is 2. The summed E-state index contributed by atoms with van der Waals surface area (Å²) < 4.78 is -1.67. The molecule has 3 unspecified atom stereocenters. The lowest BCUT2D eigenvalue weighted by molar-refractivity contribution is -0.385. The molecule has 14 heteroatoms. The predicted octanol–water partition coefficient (Wildman–Crippen LogP) is 6.22. The normalized spacial score (nSPS) is 20.2. The minimum Gasteiger partial charge on any atom is -0.272 e. The summed E-state index contributed by atoms with van der Waals surface area (Å²) in [4.78, 5) is 49.2. The molecule has 2 heterocycles. The third-order valence-corrected chi connectivity index (χ3v) is 10.5. The van der Waals surface area contributed by atoms with Gasteiger partial charge in [-0.2, -0.15) is 20.2 Å². The summed E-state index contributed by atoms with van der Waals surface area (Å²) in [5, 5.41) is 34.5. The Kier molecular flexibility index (Phi) is 7.85. The monoisotopic (exact) mass is 730 g/mol. The van der Waals surface area contributed by atoms with E-state index in [1.54, 1.807) is 60.7 Å². The number of hydrazone groups is 2. The summed E-state index contributed by atoms with van der Waals surface area (Å²) >= 11 is 7.39. The Bertz CT molecular complexity index is 1890. The number of benzene rings is 4. The molecule has 0 bridgehead atoms. The van der Waals surface area contributed by atoms with E-state index in [-0.39, 0.29) is 22.8 Å². The number of hydrogen-bond acceptors (Lipinski definition) is 8. The number of para-hydroxylation sites is 2. The van der Waals surface area contributed by atoms with Crippen molar-refractivity contribution in [3.63, 3.8) is 0 Å². The molecule has 0 aromatic heterocycles. The predicted molar refractivity (Wildman–Crippen MR) is 175 cm³/mol. The number of nitro groups is 2. The maximum atomic E-state index is 14.4. The number of nitrogens with zero attached hydrogens (tertiary/aromatic N) is 6.